The third-order valence-electron chi connectivity index (χ3n) is 3.70. The van der Waals surface area contributed by atoms with Gasteiger partial charge in [0.25, 0.3) is 0 Å². The molecule has 23 heavy (non-hydrogen) atoms. The van der Waals surface area contributed by atoms with Crippen LogP contribution in [0.4, 0.5) is 10.5 Å². The highest BCUT2D eigenvalue weighted by molar-refractivity contribution is 5.97. The third-order valence-corrected chi connectivity index (χ3v) is 3.70. The van der Waals surface area contributed by atoms with Gasteiger partial charge >= 0.3 is 6.03 Å². The van der Waals surface area contributed by atoms with Crippen molar-refractivity contribution in [3.63, 3.8) is 0 Å². The van der Waals surface area contributed by atoms with Gasteiger partial charge in [0, 0.05) is 19.2 Å². The summed E-state index contributed by atoms with van der Waals surface area (Å²) in [6.45, 7) is 0.147. The lowest BCUT2D eigenvalue weighted by Crippen LogP contribution is -2.45. The number of hydrogen-bond donors (Lipinski definition) is 4. The normalized spacial score (nSPS) is 16.4. The molecule has 0 aliphatic carbocycles. The molecule has 2 aromatic rings. The van der Waals surface area contributed by atoms with Gasteiger partial charge in [0.15, 0.2) is 5.75 Å². The van der Waals surface area contributed by atoms with E-state index in [0.717, 1.165) is 11.6 Å². The van der Waals surface area contributed by atoms with E-state index >= 15 is 0 Å². The molecular weight excluding hydrogens is 300 g/mol. The molecule has 1 aliphatic heterocycles. The van der Waals surface area contributed by atoms with Crippen molar-refractivity contribution in [2.75, 3.05) is 18.6 Å². The van der Waals surface area contributed by atoms with Crippen LogP contribution in [0.2, 0.25) is 0 Å². The van der Waals surface area contributed by atoms with Crippen LogP contribution < -0.4 is 15.0 Å². The van der Waals surface area contributed by atoms with Gasteiger partial charge in [-0.1, -0.05) is 12.1 Å². The molecule has 0 spiro atoms. The van der Waals surface area contributed by atoms with Gasteiger partial charge in [-0.3, -0.25) is 4.90 Å². The van der Waals surface area contributed by atoms with Crippen molar-refractivity contribution in [2.45, 2.75) is 6.04 Å². The largest absolute Gasteiger partial charge is 0.508 e. The number of phenolic OH excluding ortho intramolecular Hbond substituents is 3. The second-order valence-electron chi connectivity index (χ2n) is 5.16. The number of aromatic hydroxyl groups is 3. The van der Waals surface area contributed by atoms with Crippen molar-refractivity contribution >= 4 is 11.7 Å². The molecule has 1 unspecified atom stereocenters. The second-order valence-corrected chi connectivity index (χ2v) is 5.16. The summed E-state index contributed by atoms with van der Waals surface area (Å²) in [6, 6.07) is 7.98. The molecule has 0 saturated heterocycles. The molecule has 0 fully saturated rings. The number of amides is 2. The van der Waals surface area contributed by atoms with Crippen LogP contribution >= 0.6 is 0 Å². The van der Waals surface area contributed by atoms with E-state index in [1.807, 2.05) is 0 Å². The average molecular weight is 316 g/mol. The van der Waals surface area contributed by atoms with Crippen LogP contribution in [0, 0.1) is 0 Å². The molecule has 120 valence electrons. The maximum Gasteiger partial charge on any atom is 0.322 e. The predicted octanol–water partition coefficient (Wildman–Crippen LogP) is 2.08. The zero-order valence-corrected chi connectivity index (χ0v) is 12.4. The lowest BCUT2D eigenvalue weighted by atomic mass is 10.0. The van der Waals surface area contributed by atoms with Crippen LogP contribution in [0.15, 0.2) is 36.4 Å². The summed E-state index contributed by atoms with van der Waals surface area (Å²) in [4.78, 5) is 13.7. The van der Waals surface area contributed by atoms with Gasteiger partial charge in [-0.2, -0.15) is 0 Å². The average Bonchev–Trinajstić information content (AvgIpc) is 2.53. The molecule has 0 radical (unpaired) electrons. The van der Waals surface area contributed by atoms with Crippen molar-refractivity contribution in [1.29, 1.82) is 0 Å². The first kappa shape index (κ1) is 14.8. The minimum Gasteiger partial charge on any atom is -0.508 e. The number of nitrogens with one attached hydrogen (secondary N) is 1. The number of ether oxygens (including phenoxy) is 1. The Hall–Kier alpha value is -3.09. The number of hydrogen-bond acceptors (Lipinski definition) is 5. The van der Waals surface area contributed by atoms with E-state index in [-0.39, 0.29) is 35.3 Å². The highest BCUT2D eigenvalue weighted by Gasteiger charge is 2.35. The van der Waals surface area contributed by atoms with Crippen molar-refractivity contribution in [3.8, 4) is 23.0 Å². The summed E-state index contributed by atoms with van der Waals surface area (Å²) in [5, 5.41) is 31.7. The Morgan fingerprint density at radius 2 is 1.87 bits per heavy atom. The van der Waals surface area contributed by atoms with E-state index in [9.17, 15) is 20.1 Å². The predicted molar refractivity (Wildman–Crippen MR) is 83.0 cm³/mol. The summed E-state index contributed by atoms with van der Waals surface area (Å²) in [5.74, 6) is -0.0699. The van der Waals surface area contributed by atoms with Crippen LogP contribution in [-0.4, -0.2) is 35.0 Å². The molecule has 4 N–H and O–H groups in total. The highest BCUT2D eigenvalue weighted by Crippen LogP contribution is 2.47. The molecular formula is C16H16N2O5. The molecule has 0 saturated carbocycles. The van der Waals surface area contributed by atoms with E-state index in [2.05, 4.69) is 5.32 Å². The Kier molecular flexibility index (Phi) is 3.61. The minimum absolute atomic E-state index is 0.116. The first-order chi connectivity index (χ1) is 11.0. The topological polar surface area (TPSA) is 102 Å². The molecule has 1 atom stereocenters. The molecule has 7 heteroatoms. The van der Waals surface area contributed by atoms with Gasteiger partial charge in [0.2, 0.25) is 0 Å². The van der Waals surface area contributed by atoms with Crippen LogP contribution in [0.1, 0.15) is 11.6 Å². The Morgan fingerprint density at radius 1 is 1.17 bits per heavy atom. The van der Waals surface area contributed by atoms with Crippen LogP contribution in [0.3, 0.4) is 0 Å². The van der Waals surface area contributed by atoms with Crippen LogP contribution in [0.25, 0.3) is 0 Å². The quantitative estimate of drug-likeness (QED) is 0.645. The number of rotatable bonds is 1. The van der Waals surface area contributed by atoms with E-state index < -0.39 is 12.1 Å². The fourth-order valence-corrected chi connectivity index (χ4v) is 2.64. The van der Waals surface area contributed by atoms with Crippen molar-refractivity contribution in [1.82, 2.24) is 5.32 Å². The van der Waals surface area contributed by atoms with E-state index in [4.69, 9.17) is 4.74 Å². The molecule has 2 amide bonds. The zero-order chi connectivity index (χ0) is 16.6. The van der Waals surface area contributed by atoms with Gasteiger partial charge in [-0.05, 0) is 17.7 Å². The SMILES string of the molecule is CNC(=O)N1c2c(O)cc(O)cc2OCC1c1ccc(O)cc1. The molecule has 0 bridgehead atoms. The van der Waals surface area contributed by atoms with Crippen LogP contribution in [0.5, 0.6) is 23.0 Å². The summed E-state index contributed by atoms with van der Waals surface area (Å²) in [7, 11) is 1.49. The van der Waals surface area contributed by atoms with Crippen LogP contribution in [-0.2, 0) is 0 Å². The molecule has 1 heterocycles. The molecule has 3 rings (SSSR count). The first-order valence-electron chi connectivity index (χ1n) is 7.00. The van der Waals surface area contributed by atoms with E-state index in [1.165, 1.54) is 30.1 Å². The summed E-state index contributed by atoms with van der Waals surface area (Å²) < 4.78 is 5.60. The fourth-order valence-electron chi connectivity index (χ4n) is 2.64. The minimum atomic E-state index is -0.488. The number of carbonyl (C=O) groups excluding carboxylic acids is 1. The standard InChI is InChI=1S/C16H16N2O5/c1-17-16(22)18-12(9-2-4-10(19)5-3-9)8-23-14-7-11(20)6-13(21)15(14)18/h2-7,12,19-21H,8H2,1H3,(H,17,22). The van der Waals surface area contributed by atoms with Gasteiger partial charge in [0.1, 0.15) is 29.5 Å². The zero-order valence-electron chi connectivity index (χ0n) is 12.4. The summed E-state index contributed by atoms with van der Waals surface area (Å²) in [6.07, 6.45) is 0. The van der Waals surface area contributed by atoms with Crippen molar-refractivity contribution < 1.29 is 24.9 Å². The third kappa shape index (κ3) is 2.57. The molecule has 0 aromatic heterocycles. The van der Waals surface area contributed by atoms with Crippen molar-refractivity contribution in [3.05, 3.63) is 42.0 Å². The lowest BCUT2D eigenvalue weighted by molar-refractivity contribution is 0.227. The Morgan fingerprint density at radius 3 is 2.52 bits per heavy atom. The van der Waals surface area contributed by atoms with Gasteiger partial charge in [0.05, 0.1) is 6.04 Å². The van der Waals surface area contributed by atoms with E-state index in [1.54, 1.807) is 12.1 Å². The smallest absolute Gasteiger partial charge is 0.322 e. The maximum absolute atomic E-state index is 12.4. The molecule has 2 aromatic carbocycles. The number of benzene rings is 2. The van der Waals surface area contributed by atoms with Gasteiger partial charge in [-0.25, -0.2) is 4.79 Å². The number of urea groups is 1. The lowest BCUT2D eigenvalue weighted by Gasteiger charge is -2.37. The fraction of sp³-hybridized carbons (Fsp3) is 0.188. The Balaban J connectivity index is 2.11. The second kappa shape index (κ2) is 5.60. The maximum atomic E-state index is 12.4. The molecule has 7 nitrogen and oxygen atoms in total. The number of fused-ring (bicyclic) bond motifs is 1. The van der Waals surface area contributed by atoms with Gasteiger partial charge in [-0.15, -0.1) is 0 Å². The summed E-state index contributed by atoms with van der Waals surface area (Å²) in [5.41, 5.74) is 0.927. The molecule has 1 aliphatic rings. The van der Waals surface area contributed by atoms with Crippen molar-refractivity contribution in [2.24, 2.45) is 0 Å². The first-order valence-corrected chi connectivity index (χ1v) is 7.00. The number of phenols is 3. The van der Waals surface area contributed by atoms with Gasteiger partial charge < -0.3 is 25.4 Å². The number of anilines is 1. The van der Waals surface area contributed by atoms with E-state index in [0.29, 0.717) is 0 Å². The Bertz CT molecular complexity index is 745. The number of nitrogens with zero attached hydrogens (tertiary/aromatic N) is 1. The Labute approximate surface area is 132 Å². The number of carbonyl (C=O) groups is 1. The highest BCUT2D eigenvalue weighted by atomic mass is 16.5. The summed E-state index contributed by atoms with van der Waals surface area (Å²) >= 11 is 0. The monoisotopic (exact) mass is 316 g/mol.